The largest absolute Gasteiger partial charge is 0.383 e. The summed E-state index contributed by atoms with van der Waals surface area (Å²) in [7, 11) is 1.52. The van der Waals surface area contributed by atoms with Crippen LogP contribution in [0.3, 0.4) is 0 Å². The van der Waals surface area contributed by atoms with E-state index in [4.69, 9.17) is 10.5 Å². The van der Waals surface area contributed by atoms with Crippen molar-refractivity contribution in [3.8, 4) is 0 Å². The van der Waals surface area contributed by atoms with E-state index in [1.807, 2.05) is 30.5 Å². The molecule has 0 radical (unpaired) electrons. The van der Waals surface area contributed by atoms with Crippen molar-refractivity contribution in [3.63, 3.8) is 0 Å². The van der Waals surface area contributed by atoms with Crippen LogP contribution in [0, 0.1) is 0 Å². The summed E-state index contributed by atoms with van der Waals surface area (Å²) >= 11 is 1.62. The quantitative estimate of drug-likeness (QED) is 0.804. The molecule has 1 rings (SSSR count). The Hall–Kier alpha value is -0.750. The number of methoxy groups -OCH3 is 1. The lowest BCUT2D eigenvalue weighted by molar-refractivity contribution is -0.118. The second-order valence-corrected chi connectivity index (χ2v) is 4.16. The second-order valence-electron chi connectivity index (χ2n) is 3.28. The van der Waals surface area contributed by atoms with Gasteiger partial charge in [0, 0.05) is 17.7 Å². The van der Waals surface area contributed by atoms with Gasteiger partial charge in [0.1, 0.15) is 6.04 Å². The molecule has 1 unspecified atom stereocenters. The molecule has 0 saturated heterocycles. The fourth-order valence-corrected chi connectivity index (χ4v) is 1.65. The topological polar surface area (TPSA) is 64.3 Å². The third kappa shape index (κ3) is 5.41. The van der Waals surface area contributed by atoms with Crippen LogP contribution >= 0.6 is 24.2 Å². The number of nitrogens with one attached hydrogen (secondary N) is 1. The summed E-state index contributed by atoms with van der Waals surface area (Å²) in [5, 5.41) is 2.74. The van der Waals surface area contributed by atoms with E-state index in [2.05, 4.69) is 5.32 Å². The maximum absolute atomic E-state index is 11.6. The molecular formula is C11H17ClN2O2S. The van der Waals surface area contributed by atoms with Gasteiger partial charge in [0.2, 0.25) is 5.91 Å². The van der Waals surface area contributed by atoms with Crippen LogP contribution in [0.4, 0.5) is 5.69 Å². The van der Waals surface area contributed by atoms with Crippen molar-refractivity contribution in [2.45, 2.75) is 10.9 Å². The van der Waals surface area contributed by atoms with Crippen molar-refractivity contribution in [1.29, 1.82) is 0 Å². The van der Waals surface area contributed by atoms with E-state index in [-0.39, 0.29) is 24.9 Å². The first-order valence-corrected chi connectivity index (χ1v) is 6.09. The Morgan fingerprint density at radius 2 is 2.29 bits per heavy atom. The molecule has 1 aromatic rings. The summed E-state index contributed by atoms with van der Waals surface area (Å²) in [5.74, 6) is -0.236. The number of rotatable bonds is 5. The SMILES string of the molecule is COCC(N)C(=O)Nc1cccc(SC)c1.Cl. The third-order valence-corrected chi connectivity index (χ3v) is 2.75. The number of hydrogen-bond donors (Lipinski definition) is 2. The third-order valence-electron chi connectivity index (χ3n) is 2.02. The predicted molar refractivity (Wildman–Crippen MR) is 74.0 cm³/mol. The Morgan fingerprint density at radius 1 is 1.59 bits per heavy atom. The molecular weight excluding hydrogens is 260 g/mol. The number of nitrogens with two attached hydrogens (primary N) is 1. The summed E-state index contributed by atoms with van der Waals surface area (Å²) in [6.07, 6.45) is 1.98. The summed E-state index contributed by atoms with van der Waals surface area (Å²) in [6.45, 7) is 0.216. The molecule has 1 amide bonds. The number of amides is 1. The number of carbonyl (C=O) groups excluding carboxylic acids is 1. The monoisotopic (exact) mass is 276 g/mol. The highest BCUT2D eigenvalue weighted by Crippen LogP contribution is 2.18. The molecule has 6 heteroatoms. The summed E-state index contributed by atoms with van der Waals surface area (Å²) in [5.41, 5.74) is 6.36. The van der Waals surface area contributed by atoms with Crippen LogP contribution in [0.1, 0.15) is 0 Å². The van der Waals surface area contributed by atoms with Crippen LogP contribution < -0.4 is 11.1 Å². The van der Waals surface area contributed by atoms with Crippen molar-refractivity contribution in [2.24, 2.45) is 5.73 Å². The second kappa shape index (κ2) is 8.36. The van der Waals surface area contributed by atoms with Crippen molar-refractivity contribution < 1.29 is 9.53 Å². The van der Waals surface area contributed by atoms with E-state index in [9.17, 15) is 4.79 Å². The molecule has 0 saturated carbocycles. The number of ether oxygens (including phenoxy) is 1. The Morgan fingerprint density at radius 3 is 2.88 bits per heavy atom. The van der Waals surface area contributed by atoms with Crippen LogP contribution in [0.2, 0.25) is 0 Å². The van der Waals surface area contributed by atoms with Crippen LogP contribution in [-0.4, -0.2) is 31.9 Å². The zero-order valence-corrected chi connectivity index (χ0v) is 11.4. The molecule has 0 fully saturated rings. The van der Waals surface area contributed by atoms with Gasteiger partial charge in [-0.25, -0.2) is 0 Å². The van der Waals surface area contributed by atoms with Gasteiger partial charge in [-0.15, -0.1) is 24.2 Å². The maximum Gasteiger partial charge on any atom is 0.243 e. The standard InChI is InChI=1S/C11H16N2O2S.ClH/c1-15-7-10(12)11(14)13-8-4-3-5-9(6-8)16-2;/h3-6,10H,7,12H2,1-2H3,(H,13,14);1H. The first-order chi connectivity index (χ1) is 7.67. The van der Waals surface area contributed by atoms with Gasteiger partial charge in [0.15, 0.2) is 0 Å². The highest BCUT2D eigenvalue weighted by atomic mass is 35.5. The fraction of sp³-hybridized carbons (Fsp3) is 0.364. The first kappa shape index (κ1) is 16.2. The van der Waals surface area contributed by atoms with Crippen molar-refractivity contribution >= 4 is 35.8 Å². The Labute approximate surface area is 112 Å². The highest BCUT2D eigenvalue weighted by molar-refractivity contribution is 7.98. The number of hydrogen-bond acceptors (Lipinski definition) is 4. The lowest BCUT2D eigenvalue weighted by Crippen LogP contribution is -2.39. The molecule has 96 valence electrons. The maximum atomic E-state index is 11.6. The minimum Gasteiger partial charge on any atom is -0.383 e. The van der Waals surface area contributed by atoms with E-state index >= 15 is 0 Å². The predicted octanol–water partition coefficient (Wildman–Crippen LogP) is 1.74. The van der Waals surface area contributed by atoms with E-state index < -0.39 is 6.04 Å². The van der Waals surface area contributed by atoms with Gasteiger partial charge in [-0.3, -0.25) is 4.79 Å². The fourth-order valence-electron chi connectivity index (χ4n) is 1.19. The molecule has 0 aromatic heterocycles. The molecule has 0 aliphatic heterocycles. The van der Waals surface area contributed by atoms with Crippen LogP contribution in [0.15, 0.2) is 29.2 Å². The zero-order valence-electron chi connectivity index (χ0n) is 9.80. The number of anilines is 1. The van der Waals surface area contributed by atoms with Gasteiger partial charge in [0.25, 0.3) is 0 Å². The molecule has 0 aliphatic carbocycles. The molecule has 0 bridgehead atoms. The number of benzene rings is 1. The highest BCUT2D eigenvalue weighted by Gasteiger charge is 2.12. The molecule has 1 atom stereocenters. The molecule has 0 heterocycles. The Bertz CT molecular complexity index is 363. The van der Waals surface area contributed by atoms with Gasteiger partial charge in [-0.05, 0) is 24.5 Å². The molecule has 0 spiro atoms. The molecule has 1 aromatic carbocycles. The summed E-state index contributed by atoms with van der Waals surface area (Å²) in [4.78, 5) is 12.7. The van der Waals surface area contributed by atoms with Gasteiger partial charge in [-0.1, -0.05) is 6.07 Å². The number of thioether (sulfide) groups is 1. The van der Waals surface area contributed by atoms with Gasteiger partial charge >= 0.3 is 0 Å². The molecule has 0 aliphatic rings. The minimum atomic E-state index is -0.636. The van der Waals surface area contributed by atoms with Crippen LogP contribution in [0.5, 0.6) is 0 Å². The normalized spacial score (nSPS) is 11.5. The van der Waals surface area contributed by atoms with Crippen LogP contribution in [-0.2, 0) is 9.53 Å². The number of carbonyl (C=O) groups is 1. The van der Waals surface area contributed by atoms with Crippen molar-refractivity contribution in [2.75, 3.05) is 25.3 Å². The minimum absolute atomic E-state index is 0. The smallest absolute Gasteiger partial charge is 0.243 e. The lowest BCUT2D eigenvalue weighted by Gasteiger charge is -2.11. The van der Waals surface area contributed by atoms with E-state index in [0.29, 0.717) is 0 Å². The zero-order chi connectivity index (χ0) is 12.0. The van der Waals surface area contributed by atoms with E-state index in [0.717, 1.165) is 10.6 Å². The molecule has 17 heavy (non-hydrogen) atoms. The van der Waals surface area contributed by atoms with E-state index in [1.165, 1.54) is 7.11 Å². The average Bonchev–Trinajstić information content (AvgIpc) is 2.29. The van der Waals surface area contributed by atoms with Crippen molar-refractivity contribution in [3.05, 3.63) is 24.3 Å². The number of halogens is 1. The van der Waals surface area contributed by atoms with Gasteiger partial charge in [0.05, 0.1) is 6.61 Å². The Balaban J connectivity index is 0.00000256. The van der Waals surface area contributed by atoms with Gasteiger partial charge < -0.3 is 15.8 Å². The van der Waals surface area contributed by atoms with E-state index in [1.54, 1.807) is 11.8 Å². The van der Waals surface area contributed by atoms with Crippen LogP contribution in [0.25, 0.3) is 0 Å². The van der Waals surface area contributed by atoms with Gasteiger partial charge in [-0.2, -0.15) is 0 Å². The molecule has 4 nitrogen and oxygen atoms in total. The molecule has 3 N–H and O–H groups in total. The van der Waals surface area contributed by atoms with Crippen molar-refractivity contribution in [1.82, 2.24) is 0 Å². The first-order valence-electron chi connectivity index (χ1n) is 4.87. The lowest BCUT2D eigenvalue weighted by atomic mass is 10.2. The summed E-state index contributed by atoms with van der Waals surface area (Å²) < 4.78 is 4.82. The summed E-state index contributed by atoms with van der Waals surface area (Å²) in [6, 6.07) is 6.97. The Kier molecular flexibility index (Phi) is 7.99. The average molecular weight is 277 g/mol.